The largest absolute Gasteiger partial charge is 0.597 e. The number of benzene rings is 1. The number of aliphatic imine (C=N–C) groups is 1. The van der Waals surface area contributed by atoms with Crippen molar-refractivity contribution >= 4 is 41.5 Å². The molecule has 1 aromatic rings. The van der Waals surface area contributed by atoms with Gasteiger partial charge in [0.15, 0.2) is 0 Å². The molecule has 0 N–H and O–H groups in total. The van der Waals surface area contributed by atoms with Crippen LogP contribution < -0.4 is 9.31 Å². The van der Waals surface area contributed by atoms with Crippen molar-refractivity contribution in [3.8, 4) is 11.5 Å². The number of carbonyl (C=O) groups excluding carboxylic acids is 1. The maximum Gasteiger partial charge on any atom is 0.597 e. The third-order valence-electron chi connectivity index (χ3n) is 9.97. The van der Waals surface area contributed by atoms with Gasteiger partial charge in [-0.1, -0.05) is 81.4 Å². The lowest BCUT2D eigenvalue weighted by Gasteiger charge is -2.32. The zero-order valence-electron chi connectivity index (χ0n) is 36.4. The highest BCUT2D eigenvalue weighted by molar-refractivity contribution is 6.54. The molecule has 0 aliphatic carbocycles. The van der Waals surface area contributed by atoms with Crippen LogP contribution in [0, 0.1) is 0 Å². The molecule has 1 unspecified atom stereocenters. The molecular weight excluding hydrogens is 684 g/mol. The highest BCUT2D eigenvalue weighted by Crippen LogP contribution is 2.39. The standard InChI is InChI=1S/C9H16BNO3.C9H11BO2.C9H19BO2.C6H13BO.C5H11BO2/c1-6(2)10-13-8(4)9(14-10)7(3)11-5-12;1-7(2)10-11-8-5-3-4-6-9(8)12-10;1-7(2)10-11-8(3,4)9(5,6)12-10;1-6(2)7-4-3-5-8-7;1-5(2)6-7-3-4-8-6/h6-9H,1-4H3;3-7H,1-2H3;7H,1-6H3;6H,3-5H2,1-2H3;5H,3-4H2,1-2H3/t7?,8-,9-;;;;/m0..../s1. The lowest BCUT2D eigenvalue weighted by atomic mass is 9.56. The number of hydrogen-bond acceptors (Lipinski definition) is 11. The van der Waals surface area contributed by atoms with Gasteiger partial charge in [-0.15, -0.1) is 0 Å². The zero-order chi connectivity index (χ0) is 40.8. The molecule has 1 aromatic carbocycles. The van der Waals surface area contributed by atoms with Crippen LogP contribution in [0.4, 0.5) is 0 Å². The first-order valence-corrected chi connectivity index (χ1v) is 20.2. The average Bonchev–Trinajstić information content (AvgIpc) is 3.93. The van der Waals surface area contributed by atoms with Crippen LogP contribution in [0.25, 0.3) is 0 Å². The second kappa shape index (κ2) is 22.8. The maximum atomic E-state index is 10.1. The van der Waals surface area contributed by atoms with Gasteiger partial charge in [-0.25, -0.2) is 9.79 Å². The third-order valence-corrected chi connectivity index (χ3v) is 9.97. The van der Waals surface area contributed by atoms with Crippen molar-refractivity contribution in [2.75, 3.05) is 19.8 Å². The van der Waals surface area contributed by atoms with Crippen LogP contribution in [0.5, 0.6) is 11.5 Å². The van der Waals surface area contributed by atoms with E-state index in [0.717, 1.165) is 37.1 Å². The van der Waals surface area contributed by atoms with Gasteiger partial charge < -0.3 is 41.9 Å². The van der Waals surface area contributed by atoms with E-state index in [1.807, 2.05) is 52.0 Å². The van der Waals surface area contributed by atoms with Crippen molar-refractivity contribution in [3.63, 3.8) is 0 Å². The summed E-state index contributed by atoms with van der Waals surface area (Å²) in [6.45, 7) is 36.2. The summed E-state index contributed by atoms with van der Waals surface area (Å²) in [6, 6.07) is 7.57. The van der Waals surface area contributed by atoms with E-state index in [-0.39, 0.29) is 57.9 Å². The lowest BCUT2D eigenvalue weighted by Crippen LogP contribution is -2.41. The lowest BCUT2D eigenvalue weighted by molar-refractivity contribution is 0.00578. The molecule has 6 rings (SSSR count). The highest BCUT2D eigenvalue weighted by atomic mass is 16.7. The molecule has 4 saturated heterocycles. The fraction of sp³-hybridized carbons (Fsp3) is 0.816. The minimum atomic E-state index is -0.189. The molecule has 0 amide bonds. The van der Waals surface area contributed by atoms with E-state index in [1.165, 1.54) is 12.7 Å². The van der Waals surface area contributed by atoms with E-state index in [4.69, 9.17) is 41.9 Å². The van der Waals surface area contributed by atoms with Gasteiger partial charge in [0.25, 0.3) is 6.92 Å². The molecule has 0 bridgehead atoms. The predicted octanol–water partition coefficient (Wildman–Crippen LogP) is 9.00. The van der Waals surface area contributed by atoms with Gasteiger partial charge in [0.05, 0.1) is 42.7 Å². The molecular formula is C38H70B5NO10. The highest BCUT2D eigenvalue weighted by Gasteiger charge is 2.52. The molecule has 5 aliphatic heterocycles. The number of rotatable bonds is 7. The first-order valence-electron chi connectivity index (χ1n) is 20.2. The predicted molar refractivity (Wildman–Crippen MR) is 223 cm³/mol. The Kier molecular flexibility index (Phi) is 20.5. The van der Waals surface area contributed by atoms with Gasteiger partial charge in [-0.05, 0) is 89.7 Å². The van der Waals surface area contributed by atoms with Crippen LogP contribution in [0.2, 0.25) is 35.4 Å². The van der Waals surface area contributed by atoms with Crippen LogP contribution >= 0.6 is 0 Å². The fourth-order valence-electron chi connectivity index (χ4n) is 5.81. The summed E-state index contributed by atoms with van der Waals surface area (Å²) < 4.78 is 49.7. The van der Waals surface area contributed by atoms with Crippen LogP contribution in [-0.2, 0) is 37.4 Å². The number of para-hydroxylation sites is 2. The smallest absolute Gasteiger partial charge is 0.523 e. The summed E-state index contributed by atoms with van der Waals surface area (Å²) in [5.41, 5.74) is -0.357. The SMILES string of the molecule is CC(C)B1CCCO1.CC(C)B1OC(C)(C)C(C)(C)O1.CC(C)B1OCCO1.CC(C)B1O[C@@H](C)[C@H](C(C)N=C=O)O1.CC(C)B1Oc2ccccc2O1. The van der Waals surface area contributed by atoms with Gasteiger partial charge in [-0.3, -0.25) is 0 Å². The van der Waals surface area contributed by atoms with Crippen molar-refractivity contribution in [1.82, 2.24) is 0 Å². The monoisotopic (exact) mass is 756 g/mol. The summed E-state index contributed by atoms with van der Waals surface area (Å²) in [7, 11) is -0.272. The summed E-state index contributed by atoms with van der Waals surface area (Å²) in [4.78, 5) is 13.7. The average molecular weight is 755 g/mol. The molecule has 4 fully saturated rings. The Morgan fingerprint density at radius 1 is 0.648 bits per heavy atom. The van der Waals surface area contributed by atoms with Gasteiger partial charge in [0.1, 0.15) is 11.5 Å². The van der Waals surface area contributed by atoms with E-state index < -0.39 is 0 Å². The maximum absolute atomic E-state index is 10.1. The van der Waals surface area contributed by atoms with E-state index in [0.29, 0.717) is 30.2 Å². The molecule has 302 valence electrons. The second-order valence-electron chi connectivity index (χ2n) is 17.3. The van der Waals surface area contributed by atoms with Crippen molar-refractivity contribution in [2.24, 2.45) is 4.99 Å². The van der Waals surface area contributed by atoms with Gasteiger partial charge >= 0.3 is 28.5 Å². The van der Waals surface area contributed by atoms with Crippen molar-refractivity contribution in [1.29, 1.82) is 0 Å². The number of hydrogen-bond donors (Lipinski definition) is 0. The second-order valence-corrected chi connectivity index (χ2v) is 17.3. The molecule has 5 aliphatic rings. The Bertz CT molecular complexity index is 1190. The number of fused-ring (bicyclic) bond motifs is 1. The number of nitrogens with zero attached hydrogens (tertiary/aromatic N) is 1. The van der Waals surface area contributed by atoms with Crippen LogP contribution in [0.3, 0.4) is 0 Å². The summed E-state index contributed by atoms with van der Waals surface area (Å²) in [5, 5.41) is 0. The first-order chi connectivity index (χ1) is 25.2. The minimum Gasteiger partial charge on any atom is -0.523 e. The van der Waals surface area contributed by atoms with Crippen molar-refractivity contribution < 1.29 is 46.7 Å². The molecule has 3 atom stereocenters. The first kappa shape index (κ1) is 48.4. The molecule has 54 heavy (non-hydrogen) atoms. The molecule has 0 aromatic heterocycles. The van der Waals surface area contributed by atoms with Crippen LogP contribution in [0.15, 0.2) is 29.3 Å². The Morgan fingerprint density at radius 2 is 1.13 bits per heavy atom. The molecule has 0 spiro atoms. The van der Waals surface area contributed by atoms with Gasteiger partial charge in [0.2, 0.25) is 6.08 Å². The summed E-state index contributed by atoms with van der Waals surface area (Å²) in [5.74, 6) is 4.06. The Morgan fingerprint density at radius 3 is 1.44 bits per heavy atom. The Balaban J connectivity index is 0.000000237. The number of isocyanates is 1. The topological polar surface area (TPSA) is 113 Å². The minimum absolute atomic E-state index is 0.0190. The fourth-order valence-corrected chi connectivity index (χ4v) is 5.81. The molecule has 0 radical (unpaired) electrons. The molecule has 16 heteroatoms. The van der Waals surface area contributed by atoms with Gasteiger partial charge in [-0.2, -0.15) is 0 Å². The molecule has 11 nitrogen and oxygen atoms in total. The van der Waals surface area contributed by atoms with E-state index in [1.54, 1.807) is 6.08 Å². The molecule has 5 heterocycles. The Hall–Kier alpha value is -1.76. The van der Waals surface area contributed by atoms with E-state index in [2.05, 4.69) is 88.1 Å². The van der Waals surface area contributed by atoms with Crippen LogP contribution in [-0.4, -0.2) is 90.7 Å². The van der Waals surface area contributed by atoms with E-state index in [9.17, 15) is 4.79 Å². The zero-order valence-corrected chi connectivity index (χ0v) is 36.4. The van der Waals surface area contributed by atoms with Crippen molar-refractivity contribution in [3.05, 3.63) is 24.3 Å². The summed E-state index contributed by atoms with van der Waals surface area (Å²) in [6.07, 6.45) is 3.94. The Labute approximate surface area is 330 Å². The van der Waals surface area contributed by atoms with Gasteiger partial charge in [0, 0.05) is 12.4 Å². The van der Waals surface area contributed by atoms with Crippen molar-refractivity contribution in [2.45, 2.75) is 182 Å². The molecule has 0 saturated carbocycles. The quantitative estimate of drug-likeness (QED) is 0.152. The summed E-state index contributed by atoms with van der Waals surface area (Å²) >= 11 is 0. The third kappa shape index (κ3) is 15.3. The van der Waals surface area contributed by atoms with E-state index >= 15 is 0 Å². The van der Waals surface area contributed by atoms with Crippen LogP contribution in [0.1, 0.15) is 117 Å². The normalized spacial score (nSPS) is 22.7.